The summed E-state index contributed by atoms with van der Waals surface area (Å²) >= 11 is 0. The van der Waals surface area contributed by atoms with Crippen LogP contribution in [-0.2, 0) is 0 Å². The Hall–Kier alpha value is -1.04. The highest BCUT2D eigenvalue weighted by atomic mass is 14.0. The van der Waals surface area contributed by atoms with Gasteiger partial charge in [-0.3, -0.25) is 0 Å². The molecule has 1 radical (unpaired) electrons. The van der Waals surface area contributed by atoms with Crippen LogP contribution in [0, 0.1) is 6.42 Å². The van der Waals surface area contributed by atoms with Gasteiger partial charge in [0.1, 0.15) is 0 Å². The first kappa shape index (κ1) is 36.0. The minimum Gasteiger partial charge on any atom is -0.0882 e. The number of hydrogen-bond donors (Lipinski definition) is 0. The molecule has 0 bridgehead atoms. The Morgan fingerprint density at radius 2 is 0.541 bits per heavy atom. The molecule has 0 heteroatoms. The Balaban J connectivity index is 3.16. The van der Waals surface area contributed by atoms with Gasteiger partial charge < -0.3 is 0 Å². The molecule has 0 aliphatic heterocycles. The standard InChI is InChI=1S/C37H67/c1-3-5-7-9-11-13-15-17-19-21-23-25-27-29-31-33-35-37-36-34-32-30-28-26-24-22-20-18-16-14-12-10-8-6-4-2/h11-14,17-20,37H,3-10,15-16,21-36H2,1-2H3/b13-11+,14-12+,19-17+,20-18+. The quantitative estimate of drug-likeness (QED) is 0.0664. The van der Waals surface area contributed by atoms with E-state index in [-0.39, 0.29) is 0 Å². The van der Waals surface area contributed by atoms with Crippen molar-refractivity contribution in [3.05, 3.63) is 55.0 Å². The number of rotatable bonds is 30. The van der Waals surface area contributed by atoms with E-state index in [0.717, 1.165) is 12.8 Å². The molecule has 0 rings (SSSR count). The van der Waals surface area contributed by atoms with Crippen molar-refractivity contribution in [2.45, 2.75) is 181 Å². The van der Waals surface area contributed by atoms with E-state index in [2.05, 4.69) is 68.9 Å². The summed E-state index contributed by atoms with van der Waals surface area (Å²) in [5, 5.41) is 0. The molecule has 0 nitrogen and oxygen atoms in total. The fraction of sp³-hybridized carbons (Fsp3) is 0.757. The Labute approximate surface area is 235 Å². The van der Waals surface area contributed by atoms with Gasteiger partial charge in [0, 0.05) is 0 Å². The Morgan fingerprint density at radius 3 is 0.865 bits per heavy atom. The van der Waals surface area contributed by atoms with E-state index in [0.29, 0.717) is 0 Å². The number of unbranched alkanes of at least 4 members (excludes halogenated alkanes) is 22. The molecule has 0 amide bonds. The molecule has 0 aromatic heterocycles. The lowest BCUT2D eigenvalue weighted by molar-refractivity contribution is 0.573. The molecule has 0 spiro atoms. The monoisotopic (exact) mass is 512 g/mol. The molecule has 0 saturated heterocycles. The van der Waals surface area contributed by atoms with Crippen LogP contribution in [0.15, 0.2) is 48.6 Å². The molecule has 0 atom stereocenters. The molecule has 37 heavy (non-hydrogen) atoms. The van der Waals surface area contributed by atoms with Crippen LogP contribution in [0.4, 0.5) is 0 Å². The molecule has 0 aromatic rings. The van der Waals surface area contributed by atoms with Gasteiger partial charge >= 0.3 is 0 Å². The average molecular weight is 512 g/mol. The smallest absolute Gasteiger partial charge is 0.0169 e. The van der Waals surface area contributed by atoms with E-state index in [1.807, 2.05) is 0 Å². The summed E-state index contributed by atoms with van der Waals surface area (Å²) in [6.07, 6.45) is 56.5. The van der Waals surface area contributed by atoms with Crippen molar-refractivity contribution < 1.29 is 0 Å². The van der Waals surface area contributed by atoms with Gasteiger partial charge in [-0.2, -0.15) is 0 Å². The maximum absolute atomic E-state index is 2.56. The maximum atomic E-state index is 2.56. The zero-order valence-corrected chi connectivity index (χ0v) is 25.6. The molecule has 0 saturated carbocycles. The molecule has 0 unspecified atom stereocenters. The summed E-state index contributed by atoms with van der Waals surface area (Å²) in [4.78, 5) is 0. The lowest BCUT2D eigenvalue weighted by Gasteiger charge is -2.03. The van der Waals surface area contributed by atoms with Gasteiger partial charge in [0.05, 0.1) is 0 Å². The van der Waals surface area contributed by atoms with Gasteiger partial charge in [0.15, 0.2) is 0 Å². The van der Waals surface area contributed by atoms with Crippen LogP contribution in [0.25, 0.3) is 0 Å². The van der Waals surface area contributed by atoms with Crippen molar-refractivity contribution in [1.82, 2.24) is 0 Å². The minimum absolute atomic E-state index is 1.12. The molecule has 0 fully saturated rings. The molecule has 215 valence electrons. The van der Waals surface area contributed by atoms with Crippen molar-refractivity contribution in [3.8, 4) is 0 Å². The molecule has 0 aliphatic rings. The number of hydrogen-bond acceptors (Lipinski definition) is 0. The van der Waals surface area contributed by atoms with Gasteiger partial charge in [-0.1, -0.05) is 165 Å². The first-order chi connectivity index (χ1) is 18.4. The highest BCUT2D eigenvalue weighted by Crippen LogP contribution is 2.14. The Morgan fingerprint density at radius 1 is 0.270 bits per heavy atom. The molecular formula is C37H67. The van der Waals surface area contributed by atoms with Crippen LogP contribution in [0.3, 0.4) is 0 Å². The van der Waals surface area contributed by atoms with Crippen LogP contribution in [0.2, 0.25) is 0 Å². The van der Waals surface area contributed by atoms with Crippen molar-refractivity contribution in [1.29, 1.82) is 0 Å². The summed E-state index contributed by atoms with van der Waals surface area (Å²) in [6.45, 7) is 4.54. The van der Waals surface area contributed by atoms with E-state index in [9.17, 15) is 0 Å². The fourth-order valence-corrected chi connectivity index (χ4v) is 4.70. The molecule has 0 aromatic carbocycles. The topological polar surface area (TPSA) is 0 Å². The van der Waals surface area contributed by atoms with Gasteiger partial charge in [-0.05, 0) is 70.6 Å². The van der Waals surface area contributed by atoms with Gasteiger partial charge in [0.2, 0.25) is 0 Å². The second-order valence-corrected chi connectivity index (χ2v) is 11.0. The van der Waals surface area contributed by atoms with Crippen LogP contribution in [0.5, 0.6) is 0 Å². The summed E-state index contributed by atoms with van der Waals surface area (Å²) in [6, 6.07) is 0. The highest BCUT2D eigenvalue weighted by Gasteiger charge is 1.95. The summed E-state index contributed by atoms with van der Waals surface area (Å²) in [5.41, 5.74) is 0. The molecule has 0 heterocycles. The van der Waals surface area contributed by atoms with Crippen molar-refractivity contribution in [2.24, 2.45) is 0 Å². The van der Waals surface area contributed by atoms with Crippen molar-refractivity contribution >= 4 is 0 Å². The largest absolute Gasteiger partial charge is 0.0882 e. The van der Waals surface area contributed by atoms with Crippen LogP contribution in [-0.4, -0.2) is 0 Å². The van der Waals surface area contributed by atoms with Gasteiger partial charge in [0.25, 0.3) is 0 Å². The first-order valence-corrected chi connectivity index (χ1v) is 16.8. The summed E-state index contributed by atoms with van der Waals surface area (Å²) in [5.74, 6) is 0. The van der Waals surface area contributed by atoms with Gasteiger partial charge in [-0.25, -0.2) is 0 Å². The van der Waals surface area contributed by atoms with Crippen molar-refractivity contribution in [3.63, 3.8) is 0 Å². The van der Waals surface area contributed by atoms with E-state index < -0.39 is 0 Å². The molecule has 0 aliphatic carbocycles. The third-order valence-corrected chi connectivity index (χ3v) is 7.22. The van der Waals surface area contributed by atoms with E-state index >= 15 is 0 Å². The normalized spacial score (nSPS) is 12.4. The highest BCUT2D eigenvalue weighted by molar-refractivity contribution is 4.93. The fourth-order valence-electron chi connectivity index (χ4n) is 4.70. The zero-order chi connectivity index (χ0) is 26.7. The van der Waals surface area contributed by atoms with Crippen molar-refractivity contribution in [2.75, 3.05) is 0 Å². The maximum Gasteiger partial charge on any atom is -0.0169 e. The third kappa shape index (κ3) is 35.0. The van der Waals surface area contributed by atoms with Gasteiger partial charge in [-0.15, -0.1) is 0 Å². The molecular weight excluding hydrogens is 444 g/mol. The lowest BCUT2D eigenvalue weighted by Crippen LogP contribution is -1.84. The van der Waals surface area contributed by atoms with E-state index in [1.54, 1.807) is 0 Å². The Kier molecular flexibility index (Phi) is 34.0. The zero-order valence-electron chi connectivity index (χ0n) is 25.6. The number of allylic oxidation sites excluding steroid dienone is 8. The SMILES string of the molecule is CCCCC/C=C/C/C=C/CCCCCCCC[CH]CCCCCCCC/C=C/C/C=C/CCCCC. The lowest BCUT2D eigenvalue weighted by atomic mass is 10.0. The Bertz CT molecular complexity index is 460. The molecule has 0 N–H and O–H groups in total. The summed E-state index contributed by atoms with van der Waals surface area (Å²) in [7, 11) is 0. The van der Waals surface area contributed by atoms with E-state index in [4.69, 9.17) is 0 Å². The summed E-state index contributed by atoms with van der Waals surface area (Å²) < 4.78 is 0. The third-order valence-electron chi connectivity index (χ3n) is 7.22. The predicted octanol–water partition coefficient (Wildman–Crippen LogP) is 13.6. The second-order valence-electron chi connectivity index (χ2n) is 11.0. The van der Waals surface area contributed by atoms with Crippen LogP contribution in [0.1, 0.15) is 181 Å². The average Bonchev–Trinajstić information content (AvgIpc) is 2.91. The van der Waals surface area contributed by atoms with Crippen LogP contribution >= 0.6 is 0 Å². The van der Waals surface area contributed by atoms with E-state index in [1.165, 1.54) is 154 Å². The minimum atomic E-state index is 1.12. The second kappa shape index (κ2) is 35.0. The first-order valence-electron chi connectivity index (χ1n) is 16.8. The van der Waals surface area contributed by atoms with Crippen LogP contribution < -0.4 is 0 Å². The predicted molar refractivity (Wildman–Crippen MR) is 172 cm³/mol.